The molecule has 1 aromatic carbocycles. The number of hydrogen-bond acceptors (Lipinski definition) is 4. The van der Waals surface area contributed by atoms with Gasteiger partial charge in [-0.05, 0) is 25.1 Å². The average molecular weight is 309 g/mol. The molecule has 0 N–H and O–H groups in total. The van der Waals surface area contributed by atoms with Crippen LogP contribution in [0.25, 0.3) is 0 Å². The highest BCUT2D eigenvalue weighted by Gasteiger charge is 2.13. The second kappa shape index (κ2) is 5.57. The Kier molecular flexibility index (Phi) is 3.99. The average Bonchev–Trinajstić information content (AvgIpc) is 2.44. The molecule has 0 aliphatic carbocycles. The Morgan fingerprint density at radius 1 is 1.14 bits per heavy atom. The van der Waals surface area contributed by atoms with Gasteiger partial charge in [-0.1, -0.05) is 11.6 Å². The monoisotopic (exact) mass is 308 g/mol. The van der Waals surface area contributed by atoms with Crippen molar-refractivity contribution in [3.8, 4) is 11.6 Å². The fourth-order valence-corrected chi connectivity index (χ4v) is 1.96. The molecule has 0 fully saturated rings. The molecule has 6 nitrogen and oxygen atoms in total. The first-order valence-corrected chi connectivity index (χ1v) is 6.44. The molecule has 0 spiro atoms. The standard InChI is InChI=1S/C14H13ClN2O4/c1-8(18)10-6-9(15)4-5-11(10)21-13-7-12(19)16(2)14(20)17(13)3/h4-7H,1-3H3. The fraction of sp³-hybridized carbons (Fsp3) is 0.214. The van der Waals surface area contributed by atoms with E-state index in [4.69, 9.17) is 16.3 Å². The quantitative estimate of drug-likeness (QED) is 0.810. The fourth-order valence-electron chi connectivity index (χ4n) is 1.79. The highest BCUT2D eigenvalue weighted by Crippen LogP contribution is 2.27. The molecule has 0 bridgehead atoms. The summed E-state index contributed by atoms with van der Waals surface area (Å²) in [5.74, 6) is 0.0457. The molecule has 0 atom stereocenters. The summed E-state index contributed by atoms with van der Waals surface area (Å²) in [6.45, 7) is 1.38. The van der Waals surface area contributed by atoms with E-state index in [9.17, 15) is 14.4 Å². The van der Waals surface area contributed by atoms with Crippen LogP contribution in [0.1, 0.15) is 17.3 Å². The molecular weight excluding hydrogens is 296 g/mol. The van der Waals surface area contributed by atoms with Gasteiger partial charge in [0.25, 0.3) is 5.56 Å². The van der Waals surface area contributed by atoms with E-state index in [0.717, 1.165) is 4.57 Å². The second-order valence-electron chi connectivity index (χ2n) is 4.52. The van der Waals surface area contributed by atoms with Gasteiger partial charge in [-0.3, -0.25) is 18.7 Å². The highest BCUT2D eigenvalue weighted by molar-refractivity contribution is 6.31. The van der Waals surface area contributed by atoms with Crippen molar-refractivity contribution in [2.45, 2.75) is 6.92 Å². The maximum absolute atomic E-state index is 11.8. The number of nitrogens with zero attached hydrogens (tertiary/aromatic N) is 2. The topological polar surface area (TPSA) is 70.3 Å². The van der Waals surface area contributed by atoms with Crippen molar-refractivity contribution in [1.82, 2.24) is 9.13 Å². The van der Waals surface area contributed by atoms with E-state index in [1.807, 2.05) is 0 Å². The van der Waals surface area contributed by atoms with Crippen LogP contribution in [0, 0.1) is 0 Å². The smallest absolute Gasteiger partial charge is 0.333 e. The summed E-state index contributed by atoms with van der Waals surface area (Å²) >= 11 is 5.85. The van der Waals surface area contributed by atoms with Gasteiger partial charge < -0.3 is 4.74 Å². The van der Waals surface area contributed by atoms with Crippen LogP contribution in [0.4, 0.5) is 0 Å². The number of aromatic nitrogens is 2. The van der Waals surface area contributed by atoms with Crippen LogP contribution in [0.2, 0.25) is 5.02 Å². The van der Waals surface area contributed by atoms with E-state index in [1.54, 1.807) is 6.07 Å². The molecule has 110 valence electrons. The first kappa shape index (κ1) is 15.1. The zero-order valence-corrected chi connectivity index (χ0v) is 12.5. The highest BCUT2D eigenvalue weighted by atomic mass is 35.5. The minimum atomic E-state index is -0.518. The molecule has 21 heavy (non-hydrogen) atoms. The predicted molar refractivity (Wildman–Crippen MR) is 78.5 cm³/mol. The van der Waals surface area contributed by atoms with Gasteiger partial charge in [0.2, 0.25) is 5.88 Å². The number of halogens is 1. The molecule has 0 saturated carbocycles. The molecule has 1 heterocycles. The number of rotatable bonds is 3. The van der Waals surface area contributed by atoms with Crippen LogP contribution in [0.3, 0.4) is 0 Å². The summed E-state index contributed by atoms with van der Waals surface area (Å²) in [7, 11) is 2.85. The van der Waals surface area contributed by atoms with E-state index in [-0.39, 0.29) is 23.0 Å². The summed E-state index contributed by atoms with van der Waals surface area (Å²) in [5.41, 5.74) is -0.738. The lowest BCUT2D eigenvalue weighted by Gasteiger charge is -2.13. The van der Waals surface area contributed by atoms with Crippen molar-refractivity contribution in [2.24, 2.45) is 14.1 Å². The number of benzene rings is 1. The van der Waals surface area contributed by atoms with E-state index in [2.05, 4.69) is 0 Å². The van der Waals surface area contributed by atoms with Crippen LogP contribution < -0.4 is 16.0 Å². The first-order chi connectivity index (χ1) is 9.81. The molecular formula is C14H13ClN2O4. The van der Waals surface area contributed by atoms with Gasteiger partial charge in [0, 0.05) is 19.1 Å². The molecule has 2 rings (SSSR count). The van der Waals surface area contributed by atoms with E-state index in [0.29, 0.717) is 5.02 Å². The zero-order chi connectivity index (χ0) is 15.7. The summed E-state index contributed by atoms with van der Waals surface area (Å²) < 4.78 is 7.68. The third-order valence-corrected chi connectivity index (χ3v) is 3.25. The second-order valence-corrected chi connectivity index (χ2v) is 4.96. The van der Waals surface area contributed by atoms with Crippen LogP contribution in [-0.4, -0.2) is 14.9 Å². The zero-order valence-electron chi connectivity index (χ0n) is 11.7. The van der Waals surface area contributed by atoms with Crippen molar-refractivity contribution < 1.29 is 9.53 Å². The molecule has 2 aromatic rings. The molecule has 1 aromatic heterocycles. The van der Waals surface area contributed by atoms with Gasteiger partial charge >= 0.3 is 5.69 Å². The number of ether oxygens (including phenoxy) is 1. The normalized spacial score (nSPS) is 10.5. The Morgan fingerprint density at radius 2 is 1.81 bits per heavy atom. The van der Waals surface area contributed by atoms with Gasteiger partial charge in [-0.25, -0.2) is 4.79 Å². The lowest BCUT2D eigenvalue weighted by atomic mass is 10.1. The minimum Gasteiger partial charge on any atom is -0.440 e. The van der Waals surface area contributed by atoms with Crippen molar-refractivity contribution >= 4 is 17.4 Å². The third-order valence-electron chi connectivity index (χ3n) is 3.02. The van der Waals surface area contributed by atoms with Gasteiger partial charge in [0.1, 0.15) is 5.75 Å². The van der Waals surface area contributed by atoms with Crippen molar-refractivity contribution in [3.05, 3.63) is 55.7 Å². The first-order valence-electron chi connectivity index (χ1n) is 6.06. The largest absolute Gasteiger partial charge is 0.440 e. The van der Waals surface area contributed by atoms with Crippen molar-refractivity contribution in [1.29, 1.82) is 0 Å². The summed E-state index contributed by atoms with van der Waals surface area (Å²) in [5, 5.41) is 0.394. The van der Waals surface area contributed by atoms with E-state index >= 15 is 0 Å². The molecule has 0 amide bonds. The van der Waals surface area contributed by atoms with Crippen molar-refractivity contribution in [3.63, 3.8) is 0 Å². The van der Waals surface area contributed by atoms with Crippen LogP contribution >= 0.6 is 11.6 Å². The molecule has 0 aliphatic rings. The van der Waals surface area contributed by atoms with E-state index < -0.39 is 11.2 Å². The molecule has 0 aliphatic heterocycles. The van der Waals surface area contributed by atoms with Gasteiger partial charge in [-0.15, -0.1) is 0 Å². The Labute approximate surface area is 125 Å². The number of Topliss-reactive ketones (excluding diaryl/α,β-unsaturated/α-hetero) is 1. The maximum atomic E-state index is 11.8. The summed E-state index contributed by atoms with van der Waals surface area (Å²) in [4.78, 5) is 35.1. The van der Waals surface area contributed by atoms with Gasteiger partial charge in [-0.2, -0.15) is 0 Å². The minimum absolute atomic E-state index is 0.0490. The molecule has 0 saturated heterocycles. The molecule has 0 radical (unpaired) electrons. The number of carbonyl (C=O) groups excluding carboxylic acids is 1. The van der Waals surface area contributed by atoms with Gasteiger partial charge in [0.05, 0.1) is 11.6 Å². The number of carbonyl (C=O) groups is 1. The Bertz CT molecular complexity index is 836. The summed E-state index contributed by atoms with van der Waals surface area (Å²) in [6, 6.07) is 5.72. The number of ketones is 1. The Morgan fingerprint density at radius 3 is 2.43 bits per heavy atom. The molecule has 7 heteroatoms. The lowest BCUT2D eigenvalue weighted by molar-refractivity contribution is 0.101. The lowest BCUT2D eigenvalue weighted by Crippen LogP contribution is -2.36. The SMILES string of the molecule is CC(=O)c1cc(Cl)ccc1Oc1cc(=O)n(C)c(=O)n1C. The van der Waals surface area contributed by atoms with Crippen LogP contribution in [-0.2, 0) is 14.1 Å². The third kappa shape index (κ3) is 2.90. The Hall–Kier alpha value is -2.34. The van der Waals surface area contributed by atoms with E-state index in [1.165, 1.54) is 43.8 Å². The van der Waals surface area contributed by atoms with Crippen molar-refractivity contribution in [2.75, 3.05) is 0 Å². The van der Waals surface area contributed by atoms with Gasteiger partial charge in [0.15, 0.2) is 5.78 Å². The molecule has 0 unspecified atom stereocenters. The van der Waals surface area contributed by atoms with Crippen LogP contribution in [0.15, 0.2) is 33.9 Å². The predicted octanol–water partition coefficient (Wildman–Crippen LogP) is 1.73. The Balaban J connectivity index is 2.56. The number of hydrogen-bond donors (Lipinski definition) is 0. The van der Waals surface area contributed by atoms with Crippen LogP contribution in [0.5, 0.6) is 11.6 Å². The maximum Gasteiger partial charge on any atom is 0.333 e. The summed E-state index contributed by atoms with van der Waals surface area (Å²) in [6.07, 6.45) is 0.